The van der Waals surface area contributed by atoms with Crippen molar-refractivity contribution in [1.82, 2.24) is 20.6 Å². The van der Waals surface area contributed by atoms with E-state index in [9.17, 15) is 4.79 Å². The van der Waals surface area contributed by atoms with Crippen LogP contribution in [0.3, 0.4) is 0 Å². The smallest absolute Gasteiger partial charge is 0.255 e. The summed E-state index contributed by atoms with van der Waals surface area (Å²) >= 11 is 6.30. The molecule has 4 aromatic rings. The zero-order valence-corrected chi connectivity index (χ0v) is 16.2. The maximum Gasteiger partial charge on any atom is 0.255 e. The van der Waals surface area contributed by atoms with Gasteiger partial charge in [-0.25, -0.2) is 0 Å². The summed E-state index contributed by atoms with van der Waals surface area (Å²) in [5.74, 6) is 0.664. The highest BCUT2D eigenvalue weighted by molar-refractivity contribution is 6.31. The molecule has 7 nitrogen and oxygen atoms in total. The number of aromatic amines is 1. The van der Waals surface area contributed by atoms with E-state index in [1.807, 2.05) is 25.1 Å². The number of amides is 1. The highest BCUT2D eigenvalue weighted by Gasteiger charge is 2.17. The molecule has 2 heterocycles. The summed E-state index contributed by atoms with van der Waals surface area (Å²) in [6.45, 7) is 4.01. The van der Waals surface area contributed by atoms with Crippen molar-refractivity contribution in [2.24, 2.45) is 0 Å². The number of H-pyrrole nitrogens is 1. The second-order valence-electron chi connectivity index (χ2n) is 6.51. The summed E-state index contributed by atoms with van der Waals surface area (Å²) in [4.78, 5) is 12.7. The van der Waals surface area contributed by atoms with Gasteiger partial charge in [-0.1, -0.05) is 37.1 Å². The lowest BCUT2D eigenvalue weighted by Crippen LogP contribution is -2.11. The molecule has 0 radical (unpaired) electrons. The predicted octanol–water partition coefficient (Wildman–Crippen LogP) is 4.78. The van der Waals surface area contributed by atoms with E-state index in [-0.39, 0.29) is 5.91 Å². The number of hydrogen-bond acceptors (Lipinski definition) is 5. The van der Waals surface area contributed by atoms with Crippen LogP contribution in [0, 0.1) is 6.92 Å². The molecule has 0 spiro atoms. The van der Waals surface area contributed by atoms with Crippen molar-refractivity contribution in [1.29, 1.82) is 0 Å². The van der Waals surface area contributed by atoms with Crippen LogP contribution in [-0.2, 0) is 6.42 Å². The SMILES string of the molecule is CCCc1ccc(NC(=O)c2ccc3c(C)c(-c4nn[nH]n4)oc3c2)cc1Cl. The van der Waals surface area contributed by atoms with Crippen LogP contribution in [0.5, 0.6) is 0 Å². The van der Waals surface area contributed by atoms with E-state index < -0.39 is 0 Å². The first kappa shape index (κ1) is 18.2. The van der Waals surface area contributed by atoms with Crippen LogP contribution >= 0.6 is 11.6 Å². The van der Waals surface area contributed by atoms with Gasteiger partial charge >= 0.3 is 0 Å². The van der Waals surface area contributed by atoms with Crippen LogP contribution in [0.25, 0.3) is 22.6 Å². The van der Waals surface area contributed by atoms with Crippen LogP contribution in [0.15, 0.2) is 40.8 Å². The number of furan rings is 1. The Hall–Kier alpha value is -3.19. The van der Waals surface area contributed by atoms with Crippen LogP contribution in [0.2, 0.25) is 5.02 Å². The standard InChI is InChI=1S/C20H18ClN5O2/c1-3-4-12-5-7-14(10-16(12)21)22-20(27)13-6-8-15-11(2)18(28-17(15)9-13)19-23-25-26-24-19/h5-10H,3-4H2,1-2H3,(H,22,27)(H,23,24,25,26). The third-order valence-corrected chi connectivity index (χ3v) is 4.93. The van der Waals surface area contributed by atoms with Crippen molar-refractivity contribution in [2.45, 2.75) is 26.7 Å². The second kappa shape index (κ2) is 7.44. The summed E-state index contributed by atoms with van der Waals surface area (Å²) in [6.07, 6.45) is 1.92. The van der Waals surface area contributed by atoms with Gasteiger partial charge in [0.05, 0.1) is 0 Å². The van der Waals surface area contributed by atoms with Gasteiger partial charge in [0.2, 0.25) is 5.82 Å². The van der Waals surface area contributed by atoms with Gasteiger partial charge in [0, 0.05) is 27.2 Å². The lowest BCUT2D eigenvalue weighted by atomic mass is 10.1. The molecule has 28 heavy (non-hydrogen) atoms. The van der Waals surface area contributed by atoms with Crippen molar-refractivity contribution in [3.63, 3.8) is 0 Å². The predicted molar refractivity (Wildman–Crippen MR) is 108 cm³/mol. The number of nitrogens with one attached hydrogen (secondary N) is 2. The van der Waals surface area contributed by atoms with E-state index in [1.54, 1.807) is 18.2 Å². The van der Waals surface area contributed by atoms with Gasteiger partial charge in [-0.2, -0.15) is 5.21 Å². The lowest BCUT2D eigenvalue weighted by Gasteiger charge is -2.08. The summed E-state index contributed by atoms with van der Waals surface area (Å²) < 4.78 is 5.86. The van der Waals surface area contributed by atoms with E-state index in [2.05, 4.69) is 32.9 Å². The zero-order chi connectivity index (χ0) is 19.7. The Morgan fingerprint density at radius 2 is 2.11 bits per heavy atom. The van der Waals surface area contributed by atoms with Crippen LogP contribution < -0.4 is 5.32 Å². The number of rotatable bonds is 5. The maximum atomic E-state index is 12.7. The average molecular weight is 396 g/mol. The Bertz CT molecular complexity index is 1150. The molecule has 2 aromatic carbocycles. The number of anilines is 1. The first-order chi connectivity index (χ1) is 13.6. The number of hydrogen-bond donors (Lipinski definition) is 2. The molecular weight excluding hydrogens is 378 g/mol. The molecule has 2 N–H and O–H groups in total. The minimum Gasteiger partial charge on any atom is -0.452 e. The topological polar surface area (TPSA) is 96.7 Å². The van der Waals surface area contributed by atoms with Gasteiger partial charge in [-0.15, -0.1) is 10.2 Å². The average Bonchev–Trinajstić information content (AvgIpc) is 3.32. The summed E-state index contributed by atoms with van der Waals surface area (Å²) in [7, 11) is 0. The van der Waals surface area contributed by atoms with Gasteiger partial charge in [0.25, 0.3) is 5.91 Å². The molecule has 142 valence electrons. The van der Waals surface area contributed by atoms with Crippen molar-refractivity contribution < 1.29 is 9.21 Å². The molecular formula is C20H18ClN5O2. The maximum absolute atomic E-state index is 12.7. The Morgan fingerprint density at radius 1 is 1.25 bits per heavy atom. The fourth-order valence-corrected chi connectivity index (χ4v) is 3.41. The highest BCUT2D eigenvalue weighted by atomic mass is 35.5. The minimum atomic E-state index is -0.239. The molecule has 4 rings (SSSR count). The third kappa shape index (κ3) is 3.36. The number of benzene rings is 2. The van der Waals surface area contributed by atoms with E-state index in [4.69, 9.17) is 16.0 Å². The van der Waals surface area contributed by atoms with Crippen LogP contribution in [-0.4, -0.2) is 26.5 Å². The number of aryl methyl sites for hydroxylation is 2. The Morgan fingerprint density at radius 3 is 2.82 bits per heavy atom. The van der Waals surface area contributed by atoms with Crippen LogP contribution in [0.1, 0.15) is 34.8 Å². The van der Waals surface area contributed by atoms with Gasteiger partial charge in [-0.3, -0.25) is 4.79 Å². The molecule has 0 saturated carbocycles. The molecule has 0 unspecified atom stereocenters. The summed E-state index contributed by atoms with van der Waals surface area (Å²) in [5.41, 5.74) is 3.68. The molecule has 0 atom stereocenters. The van der Waals surface area contributed by atoms with E-state index in [0.717, 1.165) is 29.4 Å². The number of carbonyl (C=O) groups excluding carboxylic acids is 1. The Labute approximate surface area is 166 Å². The molecule has 0 saturated heterocycles. The third-order valence-electron chi connectivity index (χ3n) is 4.58. The van der Waals surface area contributed by atoms with Gasteiger partial charge in [-0.05, 0) is 48.4 Å². The molecule has 0 aliphatic rings. The molecule has 0 aliphatic heterocycles. The van der Waals surface area contributed by atoms with E-state index in [1.165, 1.54) is 0 Å². The lowest BCUT2D eigenvalue weighted by molar-refractivity contribution is 0.102. The van der Waals surface area contributed by atoms with Crippen molar-refractivity contribution >= 4 is 34.2 Å². The molecule has 0 aliphatic carbocycles. The second-order valence-corrected chi connectivity index (χ2v) is 6.92. The fourth-order valence-electron chi connectivity index (χ4n) is 3.14. The largest absolute Gasteiger partial charge is 0.452 e. The highest BCUT2D eigenvalue weighted by Crippen LogP contribution is 2.31. The number of aromatic nitrogens is 4. The van der Waals surface area contributed by atoms with Crippen molar-refractivity contribution in [2.75, 3.05) is 5.32 Å². The molecule has 2 aromatic heterocycles. The first-order valence-corrected chi connectivity index (χ1v) is 9.31. The fraction of sp³-hybridized carbons (Fsp3) is 0.200. The number of tetrazole rings is 1. The number of carbonyl (C=O) groups is 1. The molecule has 1 amide bonds. The van der Waals surface area contributed by atoms with E-state index in [0.29, 0.717) is 33.4 Å². The van der Waals surface area contributed by atoms with Gasteiger partial charge < -0.3 is 9.73 Å². The zero-order valence-electron chi connectivity index (χ0n) is 15.4. The van der Waals surface area contributed by atoms with Crippen LogP contribution in [0.4, 0.5) is 5.69 Å². The minimum absolute atomic E-state index is 0.239. The van der Waals surface area contributed by atoms with E-state index >= 15 is 0 Å². The molecule has 0 fully saturated rings. The number of fused-ring (bicyclic) bond motifs is 1. The Balaban J connectivity index is 1.60. The first-order valence-electron chi connectivity index (χ1n) is 8.93. The normalized spacial score (nSPS) is 11.1. The summed E-state index contributed by atoms with van der Waals surface area (Å²) in [6, 6.07) is 10.9. The van der Waals surface area contributed by atoms with Gasteiger partial charge in [0.1, 0.15) is 5.58 Å². The number of halogens is 1. The quantitative estimate of drug-likeness (QED) is 0.506. The van der Waals surface area contributed by atoms with Crippen molar-refractivity contribution in [3.8, 4) is 11.6 Å². The van der Waals surface area contributed by atoms with Crippen molar-refractivity contribution in [3.05, 3.63) is 58.1 Å². The molecule has 0 bridgehead atoms. The summed E-state index contributed by atoms with van der Waals surface area (Å²) in [5, 5.41) is 18.3. The molecule has 8 heteroatoms. The monoisotopic (exact) mass is 395 g/mol. The van der Waals surface area contributed by atoms with Gasteiger partial charge in [0.15, 0.2) is 5.76 Å². The Kier molecular flexibility index (Phi) is 4.83. The number of nitrogens with zero attached hydrogens (tertiary/aromatic N) is 3.